The minimum Gasteiger partial charge on any atom is -0.481 e. The van der Waals surface area contributed by atoms with Crippen LogP contribution in [0.1, 0.15) is 36.0 Å². The van der Waals surface area contributed by atoms with Crippen LogP contribution in [0.15, 0.2) is 18.2 Å². The number of carbonyl (C=O) groups excluding carboxylic acids is 1. The Morgan fingerprint density at radius 3 is 2.55 bits per heavy atom. The van der Waals surface area contributed by atoms with E-state index >= 15 is 0 Å². The van der Waals surface area contributed by atoms with Gasteiger partial charge in [0.05, 0.1) is 5.56 Å². The van der Waals surface area contributed by atoms with Crippen LogP contribution in [0, 0.1) is 17.6 Å². The van der Waals surface area contributed by atoms with Gasteiger partial charge in [-0.25, -0.2) is 8.78 Å². The van der Waals surface area contributed by atoms with Crippen LogP contribution in [-0.2, 0) is 4.79 Å². The maximum atomic E-state index is 13.6. The van der Waals surface area contributed by atoms with Crippen molar-refractivity contribution in [2.24, 2.45) is 5.92 Å². The number of hydrogen-bond donors (Lipinski definition) is 1. The monoisotopic (exact) mass is 311 g/mol. The van der Waals surface area contributed by atoms with E-state index in [4.69, 9.17) is 5.11 Å². The Morgan fingerprint density at radius 2 is 1.91 bits per heavy atom. The van der Waals surface area contributed by atoms with Gasteiger partial charge < -0.3 is 10.0 Å². The summed E-state index contributed by atoms with van der Waals surface area (Å²) in [5.74, 6) is -2.76. The average Bonchev–Trinajstić information content (AvgIpc) is 2.49. The molecule has 4 nitrogen and oxygen atoms in total. The van der Waals surface area contributed by atoms with E-state index in [0.717, 1.165) is 18.2 Å². The summed E-state index contributed by atoms with van der Waals surface area (Å²) in [7, 11) is 0. The molecule has 1 heterocycles. The van der Waals surface area contributed by atoms with Crippen molar-refractivity contribution in [1.82, 2.24) is 4.90 Å². The first kappa shape index (κ1) is 16.5. The highest BCUT2D eigenvalue weighted by molar-refractivity contribution is 5.98. The van der Waals surface area contributed by atoms with Gasteiger partial charge in [0.15, 0.2) is 5.78 Å². The van der Waals surface area contributed by atoms with Crippen molar-refractivity contribution < 1.29 is 23.5 Å². The molecule has 0 aliphatic carbocycles. The first-order valence-electron chi connectivity index (χ1n) is 7.41. The van der Waals surface area contributed by atoms with Gasteiger partial charge >= 0.3 is 5.97 Å². The van der Waals surface area contributed by atoms with E-state index < -0.39 is 17.6 Å². The van der Waals surface area contributed by atoms with Gasteiger partial charge in [-0.15, -0.1) is 0 Å². The van der Waals surface area contributed by atoms with Crippen molar-refractivity contribution in [3.63, 3.8) is 0 Å². The molecule has 0 unspecified atom stereocenters. The molecule has 1 aromatic rings. The zero-order valence-corrected chi connectivity index (χ0v) is 12.2. The van der Waals surface area contributed by atoms with Crippen molar-refractivity contribution in [3.05, 3.63) is 35.4 Å². The standard InChI is InChI=1S/C16H19F2NO3/c17-12-3-4-14(18)13(10-12)16(22)11-5-8-19(9-6-11)7-1-2-15(20)21/h3-4,10-11H,1-2,5-9H2,(H,20,21). The second-order valence-corrected chi connectivity index (χ2v) is 5.60. The van der Waals surface area contributed by atoms with Crippen LogP contribution in [0.4, 0.5) is 8.78 Å². The van der Waals surface area contributed by atoms with Gasteiger partial charge in [0.1, 0.15) is 11.6 Å². The Bertz CT molecular complexity index is 554. The SMILES string of the molecule is O=C(O)CCCN1CCC(C(=O)c2cc(F)ccc2F)CC1. The van der Waals surface area contributed by atoms with Crippen LogP contribution < -0.4 is 0 Å². The number of rotatable bonds is 6. The lowest BCUT2D eigenvalue weighted by Crippen LogP contribution is -2.37. The quantitative estimate of drug-likeness (QED) is 0.821. The van der Waals surface area contributed by atoms with E-state index in [1.807, 2.05) is 0 Å². The minimum absolute atomic E-state index is 0.132. The Hall–Kier alpha value is -1.82. The maximum absolute atomic E-state index is 13.6. The molecule has 1 saturated heterocycles. The summed E-state index contributed by atoms with van der Waals surface area (Å²) >= 11 is 0. The molecule has 1 aliphatic heterocycles. The number of carboxylic acid groups (broad SMARTS) is 1. The smallest absolute Gasteiger partial charge is 0.303 e. The fourth-order valence-corrected chi connectivity index (χ4v) is 2.78. The van der Waals surface area contributed by atoms with Crippen molar-refractivity contribution >= 4 is 11.8 Å². The fourth-order valence-electron chi connectivity index (χ4n) is 2.78. The molecule has 1 aromatic carbocycles. The van der Waals surface area contributed by atoms with Gasteiger partial charge in [-0.2, -0.15) is 0 Å². The Kier molecular flexibility index (Phi) is 5.60. The van der Waals surface area contributed by atoms with Crippen molar-refractivity contribution in [2.75, 3.05) is 19.6 Å². The molecule has 22 heavy (non-hydrogen) atoms. The summed E-state index contributed by atoms with van der Waals surface area (Å²) in [4.78, 5) is 24.9. The summed E-state index contributed by atoms with van der Waals surface area (Å²) < 4.78 is 26.8. The number of likely N-dealkylation sites (tertiary alicyclic amines) is 1. The number of nitrogens with zero attached hydrogens (tertiary/aromatic N) is 1. The molecule has 1 fully saturated rings. The van der Waals surface area contributed by atoms with Crippen LogP contribution in [0.5, 0.6) is 0 Å². The fraction of sp³-hybridized carbons (Fsp3) is 0.500. The summed E-state index contributed by atoms with van der Waals surface area (Å²) in [5, 5.41) is 8.60. The third kappa shape index (κ3) is 4.34. The number of ketones is 1. The predicted molar refractivity (Wildman–Crippen MR) is 76.7 cm³/mol. The van der Waals surface area contributed by atoms with E-state index in [0.29, 0.717) is 38.9 Å². The van der Waals surface area contributed by atoms with Gasteiger partial charge in [-0.1, -0.05) is 0 Å². The largest absolute Gasteiger partial charge is 0.481 e. The van der Waals surface area contributed by atoms with Gasteiger partial charge in [0, 0.05) is 12.3 Å². The molecule has 0 spiro atoms. The zero-order valence-electron chi connectivity index (χ0n) is 12.2. The number of piperidine rings is 1. The zero-order chi connectivity index (χ0) is 16.1. The van der Waals surface area contributed by atoms with Crippen LogP contribution >= 0.6 is 0 Å². The molecule has 1 aliphatic rings. The van der Waals surface area contributed by atoms with Crippen LogP contribution in [0.3, 0.4) is 0 Å². The number of hydrogen-bond acceptors (Lipinski definition) is 3. The second-order valence-electron chi connectivity index (χ2n) is 5.60. The van der Waals surface area contributed by atoms with Gasteiger partial charge in [-0.05, 0) is 57.1 Å². The summed E-state index contributed by atoms with van der Waals surface area (Å²) in [5.41, 5.74) is -0.177. The van der Waals surface area contributed by atoms with Gasteiger partial charge in [0.25, 0.3) is 0 Å². The number of carbonyl (C=O) groups is 2. The lowest BCUT2D eigenvalue weighted by molar-refractivity contribution is -0.137. The lowest BCUT2D eigenvalue weighted by Gasteiger charge is -2.31. The molecule has 120 valence electrons. The van der Waals surface area contributed by atoms with Gasteiger partial charge in [0.2, 0.25) is 0 Å². The van der Waals surface area contributed by atoms with Crippen LogP contribution in [0.2, 0.25) is 0 Å². The minimum atomic E-state index is -0.813. The van der Waals surface area contributed by atoms with E-state index in [1.165, 1.54) is 0 Å². The number of Topliss-reactive ketones (excluding diaryl/α,β-unsaturated/α-hetero) is 1. The first-order chi connectivity index (χ1) is 10.5. The molecule has 0 saturated carbocycles. The number of halogens is 2. The maximum Gasteiger partial charge on any atom is 0.303 e. The van der Waals surface area contributed by atoms with Crippen molar-refractivity contribution in [3.8, 4) is 0 Å². The van der Waals surface area contributed by atoms with Gasteiger partial charge in [-0.3, -0.25) is 9.59 Å². The normalized spacial score (nSPS) is 16.6. The summed E-state index contributed by atoms with van der Waals surface area (Å²) in [6, 6.07) is 2.93. The van der Waals surface area contributed by atoms with Crippen LogP contribution in [-0.4, -0.2) is 41.4 Å². The second kappa shape index (κ2) is 7.45. The predicted octanol–water partition coefficient (Wildman–Crippen LogP) is 2.72. The highest BCUT2D eigenvalue weighted by Gasteiger charge is 2.27. The molecule has 0 atom stereocenters. The highest BCUT2D eigenvalue weighted by atomic mass is 19.1. The Morgan fingerprint density at radius 1 is 1.23 bits per heavy atom. The highest BCUT2D eigenvalue weighted by Crippen LogP contribution is 2.23. The topological polar surface area (TPSA) is 57.6 Å². The molecule has 0 amide bonds. The molecule has 0 aromatic heterocycles. The molecule has 2 rings (SSSR count). The Labute approximate surface area is 127 Å². The van der Waals surface area contributed by atoms with Crippen LogP contribution in [0.25, 0.3) is 0 Å². The van der Waals surface area contributed by atoms with Crippen molar-refractivity contribution in [2.45, 2.75) is 25.7 Å². The lowest BCUT2D eigenvalue weighted by atomic mass is 9.88. The third-order valence-electron chi connectivity index (χ3n) is 4.02. The van der Waals surface area contributed by atoms with E-state index in [2.05, 4.69) is 4.90 Å². The number of carboxylic acids is 1. The average molecular weight is 311 g/mol. The van der Waals surface area contributed by atoms with E-state index in [9.17, 15) is 18.4 Å². The van der Waals surface area contributed by atoms with E-state index in [1.54, 1.807) is 0 Å². The number of benzene rings is 1. The molecule has 6 heteroatoms. The molecule has 0 bridgehead atoms. The molecular formula is C16H19F2NO3. The third-order valence-corrected chi connectivity index (χ3v) is 4.02. The molecular weight excluding hydrogens is 292 g/mol. The number of aliphatic carboxylic acids is 1. The summed E-state index contributed by atoms with van der Waals surface area (Å²) in [6.45, 7) is 2.03. The summed E-state index contributed by atoms with van der Waals surface area (Å²) in [6.07, 6.45) is 1.88. The first-order valence-corrected chi connectivity index (χ1v) is 7.41. The Balaban J connectivity index is 1.87. The molecule has 0 radical (unpaired) electrons. The molecule has 1 N–H and O–H groups in total. The van der Waals surface area contributed by atoms with E-state index in [-0.39, 0.29) is 23.7 Å². The van der Waals surface area contributed by atoms with Crippen molar-refractivity contribution in [1.29, 1.82) is 0 Å².